The lowest BCUT2D eigenvalue weighted by Gasteiger charge is -2.12. The Kier molecular flexibility index (Phi) is 8.07. The molecule has 3 aromatic carbocycles. The molecule has 5 nitrogen and oxygen atoms in total. The van der Waals surface area contributed by atoms with Gasteiger partial charge in [0.05, 0.1) is 12.2 Å². The number of carbonyl (C=O) groups excluding carboxylic acids is 2. The number of halogens is 1. The van der Waals surface area contributed by atoms with Gasteiger partial charge in [0.25, 0.3) is 11.8 Å². The molecule has 2 N–H and O–H groups in total. The maximum atomic E-state index is 12.8. The molecule has 6 heteroatoms. The lowest BCUT2D eigenvalue weighted by Crippen LogP contribution is -2.15. The lowest BCUT2D eigenvalue weighted by molar-refractivity contribution is 0.101. The van der Waals surface area contributed by atoms with Crippen LogP contribution in [0.2, 0.25) is 5.02 Å². The Morgan fingerprint density at radius 3 is 2.32 bits per heavy atom. The minimum absolute atomic E-state index is 0.293. The van der Waals surface area contributed by atoms with E-state index >= 15 is 0 Å². The standard InChI is InChI=1S/C25H25ClN2O3/c1-2-3-6-15-31-23-14-5-4-13-22(23)25(30)28-20-11-7-9-18(16-20)24(29)27-21-12-8-10-19(26)17-21/h4-5,7-14,16-17H,2-3,6,15H2,1H3,(H,27,29)(H,28,30). The van der Waals surface area contributed by atoms with Crippen LogP contribution < -0.4 is 15.4 Å². The number of rotatable bonds is 9. The molecule has 0 aliphatic carbocycles. The fourth-order valence-corrected chi connectivity index (χ4v) is 3.21. The summed E-state index contributed by atoms with van der Waals surface area (Å²) in [6.45, 7) is 2.70. The van der Waals surface area contributed by atoms with Gasteiger partial charge in [-0.15, -0.1) is 0 Å². The van der Waals surface area contributed by atoms with Gasteiger partial charge in [0, 0.05) is 22.0 Å². The van der Waals surface area contributed by atoms with Crippen LogP contribution in [-0.4, -0.2) is 18.4 Å². The van der Waals surface area contributed by atoms with Crippen LogP contribution in [0.5, 0.6) is 5.75 Å². The van der Waals surface area contributed by atoms with Crippen molar-refractivity contribution < 1.29 is 14.3 Å². The van der Waals surface area contributed by atoms with Crippen LogP contribution in [0, 0.1) is 0 Å². The molecule has 0 heterocycles. The Bertz CT molecular complexity index is 1050. The van der Waals surface area contributed by atoms with Gasteiger partial charge in [-0.3, -0.25) is 9.59 Å². The summed E-state index contributed by atoms with van der Waals surface area (Å²) in [5.41, 5.74) is 1.99. The highest BCUT2D eigenvalue weighted by Crippen LogP contribution is 2.21. The first-order chi connectivity index (χ1) is 15.1. The number of hydrogen-bond acceptors (Lipinski definition) is 3. The lowest BCUT2D eigenvalue weighted by atomic mass is 10.1. The van der Waals surface area contributed by atoms with Gasteiger partial charge in [-0.05, 0) is 55.0 Å². The Morgan fingerprint density at radius 1 is 0.839 bits per heavy atom. The van der Waals surface area contributed by atoms with Crippen molar-refractivity contribution in [2.75, 3.05) is 17.2 Å². The molecule has 0 saturated carbocycles. The normalized spacial score (nSPS) is 10.4. The smallest absolute Gasteiger partial charge is 0.259 e. The highest BCUT2D eigenvalue weighted by atomic mass is 35.5. The van der Waals surface area contributed by atoms with Crippen molar-refractivity contribution in [3.05, 3.63) is 88.9 Å². The molecule has 0 bridgehead atoms. The van der Waals surface area contributed by atoms with Crippen molar-refractivity contribution in [1.29, 1.82) is 0 Å². The summed E-state index contributed by atoms with van der Waals surface area (Å²) in [7, 11) is 0. The van der Waals surface area contributed by atoms with Gasteiger partial charge in [0.2, 0.25) is 0 Å². The molecular formula is C25H25ClN2O3. The predicted octanol–water partition coefficient (Wildman–Crippen LogP) is 6.41. The number of ether oxygens (including phenoxy) is 1. The number of benzene rings is 3. The Labute approximate surface area is 187 Å². The van der Waals surface area contributed by atoms with Gasteiger partial charge in [0.1, 0.15) is 5.75 Å². The molecule has 0 aliphatic rings. The average molecular weight is 437 g/mol. The van der Waals surface area contributed by atoms with Gasteiger partial charge in [0.15, 0.2) is 0 Å². The summed E-state index contributed by atoms with van der Waals surface area (Å²) in [5.74, 6) is -0.0394. The molecule has 160 valence electrons. The number of anilines is 2. The third-order valence-electron chi connectivity index (χ3n) is 4.60. The molecule has 3 rings (SSSR count). The fourth-order valence-electron chi connectivity index (χ4n) is 3.02. The summed E-state index contributed by atoms with van der Waals surface area (Å²) in [6.07, 6.45) is 3.13. The van der Waals surface area contributed by atoms with Crippen molar-refractivity contribution in [1.82, 2.24) is 0 Å². The summed E-state index contributed by atoms with van der Waals surface area (Å²) >= 11 is 5.97. The first-order valence-corrected chi connectivity index (χ1v) is 10.6. The SMILES string of the molecule is CCCCCOc1ccccc1C(=O)Nc1cccc(C(=O)Nc2cccc(Cl)c2)c1. The topological polar surface area (TPSA) is 67.4 Å². The Morgan fingerprint density at radius 2 is 1.55 bits per heavy atom. The quantitative estimate of drug-likeness (QED) is 0.380. The molecule has 0 aromatic heterocycles. The average Bonchev–Trinajstić information content (AvgIpc) is 2.77. The highest BCUT2D eigenvalue weighted by Gasteiger charge is 2.14. The van der Waals surface area contributed by atoms with Crippen LogP contribution in [-0.2, 0) is 0 Å². The van der Waals surface area contributed by atoms with Crippen LogP contribution in [0.1, 0.15) is 46.9 Å². The van der Waals surface area contributed by atoms with Gasteiger partial charge in [-0.1, -0.05) is 55.6 Å². The van der Waals surface area contributed by atoms with E-state index in [4.69, 9.17) is 16.3 Å². The van der Waals surface area contributed by atoms with E-state index in [1.54, 1.807) is 66.7 Å². The molecule has 0 radical (unpaired) electrons. The van der Waals surface area contributed by atoms with E-state index in [-0.39, 0.29) is 11.8 Å². The monoisotopic (exact) mass is 436 g/mol. The second-order valence-corrected chi connectivity index (χ2v) is 7.49. The minimum atomic E-state index is -0.293. The molecule has 0 saturated heterocycles. The van der Waals surface area contributed by atoms with E-state index in [0.717, 1.165) is 19.3 Å². The molecule has 3 aromatic rings. The van der Waals surface area contributed by atoms with Crippen LogP contribution >= 0.6 is 11.6 Å². The van der Waals surface area contributed by atoms with Crippen molar-refractivity contribution in [2.45, 2.75) is 26.2 Å². The van der Waals surface area contributed by atoms with Gasteiger partial charge < -0.3 is 15.4 Å². The van der Waals surface area contributed by atoms with E-state index in [0.29, 0.717) is 39.9 Å². The van der Waals surface area contributed by atoms with Crippen molar-refractivity contribution in [3.8, 4) is 5.75 Å². The fraction of sp³-hybridized carbons (Fsp3) is 0.200. The number of carbonyl (C=O) groups is 2. The molecule has 0 unspecified atom stereocenters. The van der Waals surface area contributed by atoms with E-state index in [9.17, 15) is 9.59 Å². The van der Waals surface area contributed by atoms with E-state index < -0.39 is 0 Å². The maximum absolute atomic E-state index is 12.8. The zero-order valence-corrected chi connectivity index (χ0v) is 18.1. The van der Waals surface area contributed by atoms with Gasteiger partial charge in [-0.2, -0.15) is 0 Å². The predicted molar refractivity (Wildman–Crippen MR) is 125 cm³/mol. The molecule has 0 spiro atoms. The molecule has 0 aliphatic heterocycles. The number of hydrogen-bond donors (Lipinski definition) is 2. The summed E-state index contributed by atoms with van der Waals surface area (Å²) in [4.78, 5) is 25.4. The number of amides is 2. The molecule has 2 amide bonds. The number of unbranched alkanes of at least 4 members (excludes halogenated alkanes) is 2. The van der Waals surface area contributed by atoms with Crippen LogP contribution in [0.3, 0.4) is 0 Å². The number of para-hydroxylation sites is 1. The summed E-state index contributed by atoms with van der Waals surface area (Å²) in [6, 6.07) is 20.8. The zero-order valence-electron chi connectivity index (χ0n) is 17.4. The summed E-state index contributed by atoms with van der Waals surface area (Å²) < 4.78 is 5.80. The van der Waals surface area contributed by atoms with Crippen molar-refractivity contribution >= 4 is 34.8 Å². The first-order valence-electron chi connectivity index (χ1n) is 10.3. The third-order valence-corrected chi connectivity index (χ3v) is 4.84. The van der Waals surface area contributed by atoms with Crippen molar-refractivity contribution in [3.63, 3.8) is 0 Å². The van der Waals surface area contributed by atoms with E-state index in [1.807, 2.05) is 6.07 Å². The third kappa shape index (κ3) is 6.59. The van der Waals surface area contributed by atoms with Gasteiger partial charge >= 0.3 is 0 Å². The molecule has 0 atom stereocenters. The van der Waals surface area contributed by atoms with Crippen LogP contribution in [0.4, 0.5) is 11.4 Å². The number of nitrogens with one attached hydrogen (secondary N) is 2. The van der Waals surface area contributed by atoms with Gasteiger partial charge in [-0.25, -0.2) is 0 Å². The highest BCUT2D eigenvalue weighted by molar-refractivity contribution is 6.31. The Balaban J connectivity index is 1.68. The van der Waals surface area contributed by atoms with E-state index in [1.165, 1.54) is 0 Å². The van der Waals surface area contributed by atoms with Crippen molar-refractivity contribution in [2.24, 2.45) is 0 Å². The largest absolute Gasteiger partial charge is 0.493 e. The van der Waals surface area contributed by atoms with Crippen LogP contribution in [0.25, 0.3) is 0 Å². The zero-order chi connectivity index (χ0) is 22.1. The minimum Gasteiger partial charge on any atom is -0.493 e. The second-order valence-electron chi connectivity index (χ2n) is 7.05. The molecule has 0 fully saturated rings. The maximum Gasteiger partial charge on any atom is 0.259 e. The first kappa shape index (κ1) is 22.4. The Hall–Kier alpha value is -3.31. The van der Waals surface area contributed by atoms with E-state index in [2.05, 4.69) is 17.6 Å². The molecular weight excluding hydrogens is 412 g/mol. The molecule has 31 heavy (non-hydrogen) atoms. The summed E-state index contributed by atoms with van der Waals surface area (Å²) in [5, 5.41) is 6.18. The van der Waals surface area contributed by atoms with Crippen LogP contribution in [0.15, 0.2) is 72.8 Å². The second kappa shape index (κ2) is 11.2.